The molecule has 78 valence electrons. The van der Waals surface area contributed by atoms with Crippen LogP contribution in [0.1, 0.15) is 24.5 Å². The molecule has 1 aliphatic heterocycles. The van der Waals surface area contributed by atoms with Gasteiger partial charge in [0.1, 0.15) is 11.0 Å². The Morgan fingerprint density at radius 1 is 1.40 bits per heavy atom. The molecular formula is C11H14N4. The lowest BCUT2D eigenvalue weighted by atomic mass is 9.95. The lowest BCUT2D eigenvalue weighted by Crippen LogP contribution is -2.28. The third kappa shape index (κ3) is 1.51. The molecule has 3 heterocycles. The van der Waals surface area contributed by atoms with Gasteiger partial charge in [0.05, 0.1) is 5.69 Å². The number of nitrogens with zero attached hydrogens (tertiary/aromatic N) is 2. The van der Waals surface area contributed by atoms with E-state index in [0.717, 1.165) is 24.1 Å². The molecule has 1 atom stereocenters. The topological polar surface area (TPSA) is 53.6 Å². The summed E-state index contributed by atoms with van der Waals surface area (Å²) in [5, 5.41) is 10.8. The molecule has 4 heteroatoms. The van der Waals surface area contributed by atoms with Crippen LogP contribution < -0.4 is 5.32 Å². The van der Waals surface area contributed by atoms with Crippen molar-refractivity contribution in [1.82, 2.24) is 20.5 Å². The van der Waals surface area contributed by atoms with Crippen molar-refractivity contribution in [2.45, 2.75) is 18.8 Å². The van der Waals surface area contributed by atoms with Gasteiger partial charge in [0.15, 0.2) is 0 Å². The van der Waals surface area contributed by atoms with Crippen molar-refractivity contribution in [3.63, 3.8) is 0 Å². The van der Waals surface area contributed by atoms with Crippen LogP contribution in [0.2, 0.25) is 0 Å². The molecule has 0 aliphatic carbocycles. The van der Waals surface area contributed by atoms with Crippen LogP contribution in [0.4, 0.5) is 0 Å². The van der Waals surface area contributed by atoms with Crippen molar-refractivity contribution in [3.05, 3.63) is 24.0 Å². The van der Waals surface area contributed by atoms with Crippen LogP contribution in [-0.4, -0.2) is 28.3 Å². The summed E-state index contributed by atoms with van der Waals surface area (Å²) in [5.41, 5.74) is 3.20. The first-order chi connectivity index (χ1) is 7.45. The van der Waals surface area contributed by atoms with Crippen LogP contribution in [-0.2, 0) is 0 Å². The summed E-state index contributed by atoms with van der Waals surface area (Å²) in [7, 11) is 0. The molecule has 0 radical (unpaired) electrons. The number of aromatic nitrogens is 3. The Labute approximate surface area is 88.1 Å². The van der Waals surface area contributed by atoms with Gasteiger partial charge in [-0.1, -0.05) is 0 Å². The Morgan fingerprint density at radius 3 is 3.27 bits per heavy atom. The maximum atomic E-state index is 4.39. The summed E-state index contributed by atoms with van der Waals surface area (Å²) in [6, 6.07) is 3.92. The predicted octanol–water partition coefficient (Wildman–Crippen LogP) is 1.42. The number of nitrogens with one attached hydrogen (secondary N) is 2. The lowest BCUT2D eigenvalue weighted by Gasteiger charge is -2.21. The average Bonchev–Trinajstić information content (AvgIpc) is 2.74. The number of fused-ring (bicyclic) bond motifs is 1. The molecule has 4 nitrogen and oxygen atoms in total. The number of pyridine rings is 1. The molecule has 0 saturated carbocycles. The van der Waals surface area contributed by atoms with E-state index in [9.17, 15) is 0 Å². The maximum Gasteiger partial charge on any atom is 0.112 e. The molecular weight excluding hydrogens is 188 g/mol. The van der Waals surface area contributed by atoms with E-state index in [2.05, 4.69) is 20.5 Å². The van der Waals surface area contributed by atoms with Gasteiger partial charge >= 0.3 is 0 Å². The highest BCUT2D eigenvalue weighted by Gasteiger charge is 2.19. The van der Waals surface area contributed by atoms with Crippen molar-refractivity contribution in [2.75, 3.05) is 13.1 Å². The fraction of sp³-hybridized carbons (Fsp3) is 0.455. The monoisotopic (exact) mass is 202 g/mol. The van der Waals surface area contributed by atoms with Gasteiger partial charge in [0.25, 0.3) is 0 Å². The zero-order valence-corrected chi connectivity index (χ0v) is 8.53. The summed E-state index contributed by atoms with van der Waals surface area (Å²) in [6.07, 6.45) is 4.29. The predicted molar refractivity (Wildman–Crippen MR) is 58.7 cm³/mol. The van der Waals surface area contributed by atoms with Gasteiger partial charge in [-0.2, -0.15) is 5.10 Å². The molecule has 1 saturated heterocycles. The second-order valence-corrected chi connectivity index (χ2v) is 4.05. The molecule has 2 N–H and O–H groups in total. The van der Waals surface area contributed by atoms with E-state index in [1.54, 1.807) is 0 Å². The van der Waals surface area contributed by atoms with E-state index < -0.39 is 0 Å². The minimum atomic E-state index is 0.540. The molecule has 3 rings (SSSR count). The zero-order chi connectivity index (χ0) is 10.1. The fourth-order valence-electron chi connectivity index (χ4n) is 2.25. The highest BCUT2D eigenvalue weighted by atomic mass is 15.1. The van der Waals surface area contributed by atoms with Crippen LogP contribution >= 0.6 is 0 Å². The van der Waals surface area contributed by atoms with E-state index in [4.69, 9.17) is 0 Å². The highest BCUT2D eigenvalue weighted by molar-refractivity contribution is 5.76. The summed E-state index contributed by atoms with van der Waals surface area (Å²) < 4.78 is 0. The molecule has 2 aromatic rings. The van der Waals surface area contributed by atoms with Crippen molar-refractivity contribution in [2.24, 2.45) is 0 Å². The SMILES string of the molecule is c1cnc2c(C3CCCNC3)[nH]nc2c1. The summed E-state index contributed by atoms with van der Waals surface area (Å²) in [6.45, 7) is 2.17. The Kier molecular flexibility index (Phi) is 2.14. The van der Waals surface area contributed by atoms with Crippen molar-refractivity contribution in [1.29, 1.82) is 0 Å². The second kappa shape index (κ2) is 3.62. The molecule has 0 aromatic carbocycles. The molecule has 1 aliphatic rings. The largest absolute Gasteiger partial charge is 0.316 e. The average molecular weight is 202 g/mol. The van der Waals surface area contributed by atoms with Gasteiger partial charge in [-0.05, 0) is 31.5 Å². The third-order valence-electron chi connectivity index (χ3n) is 3.04. The van der Waals surface area contributed by atoms with E-state index in [1.807, 2.05) is 18.3 Å². The Balaban J connectivity index is 2.02. The van der Waals surface area contributed by atoms with E-state index in [0.29, 0.717) is 5.92 Å². The van der Waals surface area contributed by atoms with E-state index in [1.165, 1.54) is 18.5 Å². The number of piperidine rings is 1. The van der Waals surface area contributed by atoms with Gasteiger partial charge in [-0.25, -0.2) is 0 Å². The fourth-order valence-corrected chi connectivity index (χ4v) is 2.25. The number of aromatic amines is 1. The molecule has 2 aromatic heterocycles. The summed E-state index contributed by atoms with van der Waals surface area (Å²) in [4.78, 5) is 4.39. The van der Waals surface area contributed by atoms with Crippen LogP contribution in [0, 0.1) is 0 Å². The van der Waals surface area contributed by atoms with Crippen LogP contribution in [0.5, 0.6) is 0 Å². The first-order valence-electron chi connectivity index (χ1n) is 5.45. The normalized spacial score (nSPS) is 22.0. The number of rotatable bonds is 1. The molecule has 0 spiro atoms. The lowest BCUT2D eigenvalue weighted by molar-refractivity contribution is 0.455. The minimum Gasteiger partial charge on any atom is -0.316 e. The Bertz CT molecular complexity index is 456. The smallest absolute Gasteiger partial charge is 0.112 e. The third-order valence-corrected chi connectivity index (χ3v) is 3.04. The number of hydrogen-bond acceptors (Lipinski definition) is 3. The van der Waals surface area contributed by atoms with Crippen LogP contribution in [0.15, 0.2) is 18.3 Å². The van der Waals surface area contributed by atoms with Gasteiger partial charge < -0.3 is 5.32 Å². The quantitative estimate of drug-likeness (QED) is 0.735. The van der Waals surface area contributed by atoms with Gasteiger partial charge in [0, 0.05) is 18.7 Å². The van der Waals surface area contributed by atoms with Crippen molar-refractivity contribution in [3.8, 4) is 0 Å². The summed E-state index contributed by atoms with van der Waals surface area (Å²) >= 11 is 0. The van der Waals surface area contributed by atoms with Crippen molar-refractivity contribution < 1.29 is 0 Å². The van der Waals surface area contributed by atoms with Crippen LogP contribution in [0.3, 0.4) is 0 Å². The standard InChI is InChI=1S/C11H14N4/c1-3-8(7-12-5-1)10-11-9(14-15-10)4-2-6-13-11/h2,4,6,8,12H,1,3,5,7H2,(H,14,15). The zero-order valence-electron chi connectivity index (χ0n) is 8.53. The minimum absolute atomic E-state index is 0.540. The first-order valence-corrected chi connectivity index (χ1v) is 5.45. The van der Waals surface area contributed by atoms with E-state index in [-0.39, 0.29) is 0 Å². The molecule has 1 fully saturated rings. The second-order valence-electron chi connectivity index (χ2n) is 4.05. The number of hydrogen-bond donors (Lipinski definition) is 2. The van der Waals surface area contributed by atoms with E-state index >= 15 is 0 Å². The first kappa shape index (κ1) is 8.85. The molecule has 15 heavy (non-hydrogen) atoms. The van der Waals surface area contributed by atoms with Gasteiger partial charge in [0.2, 0.25) is 0 Å². The van der Waals surface area contributed by atoms with Gasteiger partial charge in [-0.15, -0.1) is 0 Å². The highest BCUT2D eigenvalue weighted by Crippen LogP contribution is 2.26. The Hall–Kier alpha value is -1.42. The van der Waals surface area contributed by atoms with Crippen LogP contribution in [0.25, 0.3) is 11.0 Å². The maximum absolute atomic E-state index is 4.39. The Morgan fingerprint density at radius 2 is 2.40 bits per heavy atom. The summed E-state index contributed by atoms with van der Waals surface area (Å²) in [5.74, 6) is 0.540. The van der Waals surface area contributed by atoms with Crippen molar-refractivity contribution >= 4 is 11.0 Å². The molecule has 1 unspecified atom stereocenters. The molecule has 0 bridgehead atoms. The molecule has 0 amide bonds. The number of H-pyrrole nitrogens is 1. The van der Waals surface area contributed by atoms with Gasteiger partial charge in [-0.3, -0.25) is 10.1 Å².